The van der Waals surface area contributed by atoms with E-state index in [1.54, 1.807) is 0 Å². The molecule has 0 bridgehead atoms. The molecule has 0 atom stereocenters. The molecular weight excluding hydrogens is 226 g/mol. The fraction of sp³-hybridized carbons (Fsp3) is 0.357. The highest BCUT2D eigenvalue weighted by atomic mass is 16.2. The molecule has 0 saturated carbocycles. The number of hydrogen-bond donors (Lipinski definition) is 2. The number of hydrogen-bond acceptors (Lipinski definition) is 2. The Morgan fingerprint density at radius 1 is 1.39 bits per heavy atom. The molecule has 0 fully saturated rings. The van der Waals surface area contributed by atoms with Crippen LogP contribution in [0.2, 0.25) is 0 Å². The maximum absolute atomic E-state index is 11.7. The molecule has 0 radical (unpaired) electrons. The van der Waals surface area contributed by atoms with Crippen LogP contribution < -0.4 is 11.3 Å². The van der Waals surface area contributed by atoms with Crippen LogP contribution >= 0.6 is 0 Å². The Balaban J connectivity index is 2.37. The number of aryl methyl sites for hydroxylation is 1. The summed E-state index contributed by atoms with van der Waals surface area (Å²) in [6.07, 6.45) is 2.01. The summed E-state index contributed by atoms with van der Waals surface area (Å²) in [5.74, 6) is 5.06. The molecule has 18 heavy (non-hydrogen) atoms. The topological polar surface area (TPSA) is 60.0 Å². The quantitative estimate of drug-likeness (QED) is 0.493. The number of carbonyl (C=O) groups excluding carboxylic acids is 1. The van der Waals surface area contributed by atoms with Crippen molar-refractivity contribution in [3.05, 3.63) is 36.0 Å². The molecule has 1 aromatic carbocycles. The first-order valence-electron chi connectivity index (χ1n) is 6.00. The lowest BCUT2D eigenvalue weighted by atomic mass is 9.92. The van der Waals surface area contributed by atoms with E-state index in [1.165, 1.54) is 10.9 Å². The summed E-state index contributed by atoms with van der Waals surface area (Å²) < 4.78 is 2.09. The highest BCUT2D eigenvalue weighted by Crippen LogP contribution is 2.23. The summed E-state index contributed by atoms with van der Waals surface area (Å²) in [5, 5.41) is 1.18. The molecule has 2 rings (SSSR count). The van der Waals surface area contributed by atoms with Crippen molar-refractivity contribution in [2.75, 3.05) is 0 Å². The van der Waals surface area contributed by atoms with E-state index in [4.69, 9.17) is 5.84 Å². The van der Waals surface area contributed by atoms with Gasteiger partial charge in [0.25, 0.3) is 0 Å². The number of benzene rings is 1. The van der Waals surface area contributed by atoms with Crippen molar-refractivity contribution < 1.29 is 4.79 Å². The molecular formula is C14H19N3O. The number of carbonyl (C=O) groups is 1. The van der Waals surface area contributed by atoms with E-state index in [2.05, 4.69) is 41.2 Å². The number of fused-ring (bicyclic) bond motifs is 1. The Kier molecular flexibility index (Phi) is 3.13. The summed E-state index contributed by atoms with van der Waals surface area (Å²) in [4.78, 5) is 11.7. The van der Waals surface area contributed by atoms with Crippen LogP contribution in [0.25, 0.3) is 10.9 Å². The normalized spacial score (nSPS) is 11.8. The van der Waals surface area contributed by atoms with Gasteiger partial charge in [0.15, 0.2) is 0 Å². The van der Waals surface area contributed by atoms with Crippen LogP contribution in [0, 0.1) is 12.3 Å². The van der Waals surface area contributed by atoms with E-state index >= 15 is 0 Å². The standard InChI is InChI=1S/C14H19N3O/c1-10-4-5-11-6-7-17(12(11)8-10)9-14(2,3)13(18)16-15/h4-8H,9,15H2,1-3H3,(H,16,18). The van der Waals surface area contributed by atoms with Gasteiger partial charge in [0.2, 0.25) is 5.91 Å². The molecule has 0 aliphatic carbocycles. The zero-order chi connectivity index (χ0) is 13.3. The van der Waals surface area contributed by atoms with Crippen molar-refractivity contribution in [3.63, 3.8) is 0 Å². The number of nitrogens with zero attached hydrogens (tertiary/aromatic N) is 1. The Morgan fingerprint density at radius 3 is 2.78 bits per heavy atom. The SMILES string of the molecule is Cc1ccc2ccn(CC(C)(C)C(=O)NN)c2c1. The Morgan fingerprint density at radius 2 is 2.11 bits per heavy atom. The van der Waals surface area contributed by atoms with Gasteiger partial charge in [-0.1, -0.05) is 12.1 Å². The van der Waals surface area contributed by atoms with Gasteiger partial charge in [-0.25, -0.2) is 5.84 Å². The monoisotopic (exact) mass is 245 g/mol. The lowest BCUT2D eigenvalue weighted by Gasteiger charge is -2.23. The number of hydrazine groups is 1. The number of rotatable bonds is 3. The number of amides is 1. The second kappa shape index (κ2) is 4.46. The van der Waals surface area contributed by atoms with Gasteiger partial charge in [0.05, 0.1) is 5.41 Å². The van der Waals surface area contributed by atoms with Gasteiger partial charge < -0.3 is 4.57 Å². The van der Waals surface area contributed by atoms with Crippen molar-refractivity contribution in [3.8, 4) is 0 Å². The zero-order valence-corrected chi connectivity index (χ0v) is 11.0. The smallest absolute Gasteiger partial charge is 0.241 e. The predicted octanol–water partition coefficient (Wildman–Crippen LogP) is 1.97. The Bertz CT molecular complexity index is 584. The van der Waals surface area contributed by atoms with Crippen molar-refractivity contribution >= 4 is 16.8 Å². The van der Waals surface area contributed by atoms with Crippen molar-refractivity contribution in [2.45, 2.75) is 27.3 Å². The maximum atomic E-state index is 11.7. The van der Waals surface area contributed by atoms with Crippen molar-refractivity contribution in [2.24, 2.45) is 11.3 Å². The molecule has 2 aromatic rings. The molecule has 1 amide bonds. The molecule has 3 N–H and O–H groups in total. The highest BCUT2D eigenvalue weighted by Gasteiger charge is 2.27. The van der Waals surface area contributed by atoms with Crippen LogP contribution in [0.5, 0.6) is 0 Å². The third-order valence-corrected chi connectivity index (χ3v) is 3.24. The van der Waals surface area contributed by atoms with Crippen LogP contribution in [0.1, 0.15) is 19.4 Å². The van der Waals surface area contributed by atoms with E-state index < -0.39 is 5.41 Å². The molecule has 0 saturated heterocycles. The third kappa shape index (κ3) is 2.24. The van der Waals surface area contributed by atoms with Crippen LogP contribution in [0.15, 0.2) is 30.5 Å². The fourth-order valence-corrected chi connectivity index (χ4v) is 2.12. The van der Waals surface area contributed by atoms with E-state index in [-0.39, 0.29) is 5.91 Å². The average molecular weight is 245 g/mol. The number of nitrogens with two attached hydrogens (primary N) is 1. The molecule has 4 nitrogen and oxygen atoms in total. The van der Waals surface area contributed by atoms with Gasteiger partial charge in [-0.3, -0.25) is 10.2 Å². The molecule has 0 aliphatic heterocycles. The second-order valence-corrected chi connectivity index (χ2v) is 5.36. The van der Waals surface area contributed by atoms with Crippen molar-refractivity contribution in [1.82, 2.24) is 9.99 Å². The van der Waals surface area contributed by atoms with Gasteiger partial charge in [-0.15, -0.1) is 0 Å². The van der Waals surface area contributed by atoms with Crippen LogP contribution in [0.3, 0.4) is 0 Å². The van der Waals surface area contributed by atoms with Gasteiger partial charge in [0.1, 0.15) is 0 Å². The van der Waals surface area contributed by atoms with Crippen LogP contribution in [0.4, 0.5) is 0 Å². The van der Waals surface area contributed by atoms with Gasteiger partial charge in [-0.05, 0) is 43.9 Å². The van der Waals surface area contributed by atoms with Gasteiger partial charge in [-0.2, -0.15) is 0 Å². The first-order valence-corrected chi connectivity index (χ1v) is 6.00. The van der Waals surface area contributed by atoms with E-state index in [0.717, 1.165) is 5.52 Å². The summed E-state index contributed by atoms with van der Waals surface area (Å²) in [6, 6.07) is 8.37. The van der Waals surface area contributed by atoms with Crippen LogP contribution in [-0.4, -0.2) is 10.5 Å². The molecule has 0 spiro atoms. The first-order chi connectivity index (χ1) is 8.44. The zero-order valence-electron chi connectivity index (χ0n) is 11.0. The third-order valence-electron chi connectivity index (χ3n) is 3.24. The minimum atomic E-state index is -0.537. The largest absolute Gasteiger partial charge is 0.346 e. The van der Waals surface area contributed by atoms with E-state index in [9.17, 15) is 4.79 Å². The summed E-state index contributed by atoms with van der Waals surface area (Å²) in [7, 11) is 0. The van der Waals surface area contributed by atoms with Crippen LogP contribution in [-0.2, 0) is 11.3 Å². The molecule has 1 heterocycles. The molecule has 96 valence electrons. The Hall–Kier alpha value is -1.81. The molecule has 0 aliphatic rings. The average Bonchev–Trinajstić information content (AvgIpc) is 2.70. The highest BCUT2D eigenvalue weighted by molar-refractivity contribution is 5.83. The lowest BCUT2D eigenvalue weighted by Crippen LogP contribution is -2.43. The van der Waals surface area contributed by atoms with E-state index in [0.29, 0.717) is 6.54 Å². The molecule has 4 heteroatoms. The number of nitrogens with one attached hydrogen (secondary N) is 1. The minimum Gasteiger partial charge on any atom is -0.346 e. The van der Waals surface area contributed by atoms with Gasteiger partial charge in [0, 0.05) is 18.3 Å². The summed E-state index contributed by atoms with van der Waals surface area (Å²) in [6.45, 7) is 6.44. The first kappa shape index (κ1) is 12.6. The Labute approximate surface area is 107 Å². The molecule has 0 unspecified atom stereocenters. The van der Waals surface area contributed by atoms with Crippen molar-refractivity contribution in [1.29, 1.82) is 0 Å². The van der Waals surface area contributed by atoms with Gasteiger partial charge >= 0.3 is 0 Å². The molecule has 1 aromatic heterocycles. The summed E-state index contributed by atoms with van der Waals surface area (Å²) in [5.41, 5.74) is 4.05. The summed E-state index contributed by atoms with van der Waals surface area (Å²) >= 11 is 0. The second-order valence-electron chi connectivity index (χ2n) is 5.36. The fourth-order valence-electron chi connectivity index (χ4n) is 2.12. The van der Waals surface area contributed by atoms with E-state index in [1.807, 2.05) is 20.0 Å². The lowest BCUT2D eigenvalue weighted by molar-refractivity contribution is -0.130. The number of aromatic nitrogens is 1. The minimum absolute atomic E-state index is 0.156. The predicted molar refractivity (Wildman–Crippen MR) is 72.8 cm³/mol. The maximum Gasteiger partial charge on any atom is 0.241 e.